The van der Waals surface area contributed by atoms with Gasteiger partial charge in [-0.2, -0.15) is 0 Å². The van der Waals surface area contributed by atoms with Crippen molar-refractivity contribution in [2.75, 3.05) is 18.1 Å². The fourth-order valence-electron chi connectivity index (χ4n) is 2.04. The smallest absolute Gasteiger partial charge is 0.254 e. The van der Waals surface area contributed by atoms with Crippen LogP contribution < -0.4 is 5.32 Å². The van der Waals surface area contributed by atoms with E-state index in [1.807, 2.05) is 0 Å². The summed E-state index contributed by atoms with van der Waals surface area (Å²) in [5.41, 5.74) is -0.0924. The van der Waals surface area contributed by atoms with E-state index in [0.29, 0.717) is 6.42 Å². The molecule has 1 aromatic rings. The van der Waals surface area contributed by atoms with Crippen LogP contribution in [-0.2, 0) is 9.84 Å². The minimum absolute atomic E-state index is 0.0797. The molecule has 0 aliphatic carbocycles. The second-order valence-corrected chi connectivity index (χ2v) is 7.27. The zero-order valence-corrected chi connectivity index (χ0v) is 11.6. The molecule has 19 heavy (non-hydrogen) atoms. The van der Waals surface area contributed by atoms with E-state index >= 15 is 0 Å². The fraction of sp³-hybridized carbons (Fsp3) is 0.417. The molecule has 1 N–H and O–H groups in total. The van der Waals surface area contributed by atoms with Crippen LogP contribution in [0.1, 0.15) is 16.8 Å². The third-order valence-electron chi connectivity index (χ3n) is 3.05. The Morgan fingerprint density at radius 2 is 2.21 bits per heavy atom. The molecule has 7 heteroatoms. The highest BCUT2D eigenvalue weighted by Crippen LogP contribution is 2.18. The quantitative estimate of drug-likeness (QED) is 0.923. The van der Waals surface area contributed by atoms with Gasteiger partial charge in [-0.1, -0.05) is 11.6 Å². The number of sulfone groups is 1. The third-order valence-corrected chi connectivity index (χ3v) is 5.13. The summed E-state index contributed by atoms with van der Waals surface area (Å²) in [7, 11) is -2.96. The van der Waals surface area contributed by atoms with Gasteiger partial charge >= 0.3 is 0 Å². The normalized spacial score (nSPS) is 21.3. The molecule has 1 heterocycles. The van der Waals surface area contributed by atoms with Gasteiger partial charge in [0.2, 0.25) is 0 Å². The van der Waals surface area contributed by atoms with Crippen LogP contribution in [0.4, 0.5) is 4.39 Å². The Bertz CT molecular complexity index is 603. The molecule has 2 rings (SSSR count). The number of hydrogen-bond donors (Lipinski definition) is 1. The van der Waals surface area contributed by atoms with Crippen LogP contribution in [0.5, 0.6) is 0 Å². The molecular formula is C12H13ClFNO3S. The van der Waals surface area contributed by atoms with Gasteiger partial charge in [-0.15, -0.1) is 0 Å². The lowest BCUT2D eigenvalue weighted by Crippen LogP contribution is -2.30. The van der Waals surface area contributed by atoms with E-state index < -0.39 is 21.6 Å². The van der Waals surface area contributed by atoms with Crippen LogP contribution in [0.3, 0.4) is 0 Å². The number of rotatable bonds is 3. The molecule has 0 saturated carbocycles. The van der Waals surface area contributed by atoms with Gasteiger partial charge < -0.3 is 5.32 Å². The minimum atomic E-state index is -2.96. The van der Waals surface area contributed by atoms with Gasteiger partial charge in [-0.25, -0.2) is 12.8 Å². The number of carbonyl (C=O) groups is 1. The molecular weight excluding hydrogens is 293 g/mol. The van der Waals surface area contributed by atoms with Crippen molar-refractivity contribution in [1.82, 2.24) is 5.32 Å². The number of benzene rings is 1. The molecule has 4 nitrogen and oxygen atoms in total. The first-order valence-electron chi connectivity index (χ1n) is 5.81. The second kappa shape index (κ2) is 5.46. The van der Waals surface area contributed by atoms with E-state index in [1.165, 1.54) is 12.1 Å². The molecule has 0 spiro atoms. The maximum Gasteiger partial charge on any atom is 0.254 e. The maximum atomic E-state index is 13.5. The highest BCUT2D eigenvalue weighted by molar-refractivity contribution is 7.91. The number of amides is 1. The lowest BCUT2D eigenvalue weighted by molar-refractivity contribution is 0.0944. The first-order chi connectivity index (χ1) is 8.87. The molecule has 104 valence electrons. The van der Waals surface area contributed by atoms with E-state index in [4.69, 9.17) is 11.6 Å². The summed E-state index contributed by atoms with van der Waals surface area (Å²) >= 11 is 5.60. The summed E-state index contributed by atoms with van der Waals surface area (Å²) in [5, 5.41) is 2.77. The molecule has 0 aromatic heterocycles. The zero-order chi connectivity index (χ0) is 14.0. The predicted octanol–water partition coefficient (Wildman–Crippen LogP) is 1.64. The molecule has 1 aliphatic rings. The Hall–Kier alpha value is -1.14. The second-order valence-electron chi connectivity index (χ2n) is 4.60. The van der Waals surface area contributed by atoms with Gasteiger partial charge in [0.1, 0.15) is 5.82 Å². The monoisotopic (exact) mass is 305 g/mol. The van der Waals surface area contributed by atoms with Crippen molar-refractivity contribution in [3.8, 4) is 0 Å². The summed E-state index contributed by atoms with van der Waals surface area (Å²) < 4.78 is 36.0. The average Bonchev–Trinajstić information content (AvgIpc) is 2.66. The van der Waals surface area contributed by atoms with Crippen molar-refractivity contribution in [3.05, 3.63) is 34.6 Å². The topological polar surface area (TPSA) is 63.2 Å². The number of hydrogen-bond acceptors (Lipinski definition) is 3. The lowest BCUT2D eigenvalue weighted by Gasteiger charge is -2.10. The summed E-state index contributed by atoms with van der Waals surface area (Å²) in [6, 6.07) is 3.80. The van der Waals surface area contributed by atoms with Crippen molar-refractivity contribution < 1.29 is 17.6 Å². The highest BCUT2D eigenvalue weighted by atomic mass is 35.5. The Kier molecular flexibility index (Phi) is 4.10. The predicted molar refractivity (Wildman–Crippen MR) is 70.5 cm³/mol. The van der Waals surface area contributed by atoms with Crippen molar-refractivity contribution in [3.63, 3.8) is 0 Å². The molecule has 1 aliphatic heterocycles. The van der Waals surface area contributed by atoms with Crippen LogP contribution in [-0.4, -0.2) is 32.4 Å². The van der Waals surface area contributed by atoms with Crippen molar-refractivity contribution in [1.29, 1.82) is 0 Å². The van der Waals surface area contributed by atoms with Crippen molar-refractivity contribution >= 4 is 27.3 Å². The molecule has 1 fully saturated rings. The lowest BCUT2D eigenvalue weighted by atomic mass is 10.1. The third kappa shape index (κ3) is 3.67. The fourth-order valence-corrected chi connectivity index (χ4v) is 4.06. The van der Waals surface area contributed by atoms with Gasteiger partial charge in [0.05, 0.1) is 17.1 Å². The Balaban J connectivity index is 1.95. The first-order valence-corrected chi connectivity index (χ1v) is 8.01. The summed E-state index contributed by atoms with van der Waals surface area (Å²) in [5.74, 6) is -1.11. The minimum Gasteiger partial charge on any atom is -0.352 e. The van der Waals surface area contributed by atoms with Crippen LogP contribution in [0, 0.1) is 11.7 Å². The van der Waals surface area contributed by atoms with Gasteiger partial charge in [-0.05, 0) is 30.5 Å². The average molecular weight is 306 g/mol. The first kappa shape index (κ1) is 14.3. The van der Waals surface area contributed by atoms with Crippen molar-refractivity contribution in [2.45, 2.75) is 6.42 Å². The summed E-state index contributed by atoms with van der Waals surface area (Å²) in [4.78, 5) is 11.8. The van der Waals surface area contributed by atoms with Crippen LogP contribution in [0.25, 0.3) is 0 Å². The SMILES string of the molecule is O=C(NC[C@H]1CCS(=O)(=O)C1)c1ccc(Cl)cc1F. The molecule has 0 radical (unpaired) electrons. The number of halogens is 2. The summed E-state index contributed by atoms with van der Waals surface area (Å²) in [6.07, 6.45) is 0.533. The van der Waals surface area contributed by atoms with Gasteiger partial charge in [0.15, 0.2) is 9.84 Å². The molecule has 1 saturated heterocycles. The molecule has 1 aromatic carbocycles. The van der Waals surface area contributed by atoms with E-state index in [1.54, 1.807) is 0 Å². The maximum absolute atomic E-state index is 13.5. The molecule has 1 atom stereocenters. The molecule has 1 amide bonds. The number of carbonyl (C=O) groups excluding carboxylic acids is 1. The van der Waals surface area contributed by atoms with E-state index in [-0.39, 0.29) is 34.6 Å². The van der Waals surface area contributed by atoms with E-state index in [2.05, 4.69) is 5.32 Å². The summed E-state index contributed by atoms with van der Waals surface area (Å²) in [6.45, 7) is 0.236. The molecule has 0 unspecified atom stereocenters. The Morgan fingerprint density at radius 1 is 1.47 bits per heavy atom. The molecule has 0 bridgehead atoms. The Labute approximate surface area is 115 Å². The largest absolute Gasteiger partial charge is 0.352 e. The van der Waals surface area contributed by atoms with Gasteiger partial charge in [0.25, 0.3) is 5.91 Å². The van der Waals surface area contributed by atoms with E-state index in [0.717, 1.165) is 6.07 Å². The van der Waals surface area contributed by atoms with Gasteiger partial charge in [-0.3, -0.25) is 4.79 Å². The zero-order valence-electron chi connectivity index (χ0n) is 10.0. The van der Waals surface area contributed by atoms with Crippen LogP contribution in [0.2, 0.25) is 5.02 Å². The highest BCUT2D eigenvalue weighted by Gasteiger charge is 2.28. The Morgan fingerprint density at radius 3 is 2.79 bits per heavy atom. The number of nitrogens with one attached hydrogen (secondary N) is 1. The van der Waals surface area contributed by atoms with Crippen molar-refractivity contribution in [2.24, 2.45) is 5.92 Å². The van der Waals surface area contributed by atoms with Crippen LogP contribution in [0.15, 0.2) is 18.2 Å². The van der Waals surface area contributed by atoms with Crippen LogP contribution >= 0.6 is 11.6 Å². The standard InChI is InChI=1S/C12H13ClFNO3S/c13-9-1-2-10(11(14)5-9)12(16)15-6-8-3-4-19(17,18)7-8/h1-2,5,8H,3-4,6-7H2,(H,15,16)/t8-/m1/s1. The van der Waals surface area contributed by atoms with Gasteiger partial charge in [0, 0.05) is 11.6 Å². The van der Waals surface area contributed by atoms with E-state index in [9.17, 15) is 17.6 Å².